The van der Waals surface area contributed by atoms with E-state index < -0.39 is 22.1 Å². The third-order valence-corrected chi connectivity index (χ3v) is 5.61. The van der Waals surface area contributed by atoms with Crippen molar-refractivity contribution in [1.29, 1.82) is 0 Å². The summed E-state index contributed by atoms with van der Waals surface area (Å²) in [4.78, 5) is 10.8. The lowest BCUT2D eigenvalue weighted by Gasteiger charge is -2.30. The highest BCUT2D eigenvalue weighted by atomic mass is 32.2. The maximum Gasteiger partial charge on any atom is 0.306 e. The average Bonchev–Trinajstić information content (AvgIpc) is 2.46. The highest BCUT2D eigenvalue weighted by Crippen LogP contribution is 2.20. The van der Waals surface area contributed by atoms with E-state index in [1.165, 1.54) is 4.31 Å². The first kappa shape index (κ1) is 15.7. The van der Waals surface area contributed by atoms with Crippen molar-refractivity contribution in [2.75, 3.05) is 32.8 Å². The summed E-state index contributed by atoms with van der Waals surface area (Å²) < 4.78 is 33.5. The monoisotopic (exact) mass is 306 g/mol. The van der Waals surface area contributed by atoms with Gasteiger partial charge in [-0.2, -0.15) is 12.7 Å². The van der Waals surface area contributed by atoms with Crippen molar-refractivity contribution in [1.82, 2.24) is 9.03 Å². The fraction of sp³-hybridized carbons (Fsp3) is 0.917. The lowest BCUT2D eigenvalue weighted by Crippen LogP contribution is -2.47. The van der Waals surface area contributed by atoms with Crippen LogP contribution in [0.4, 0.5) is 0 Å². The molecule has 2 rings (SSSR count). The van der Waals surface area contributed by atoms with Crippen molar-refractivity contribution in [3.8, 4) is 0 Å². The lowest BCUT2D eigenvalue weighted by atomic mass is 9.99. The molecule has 2 aliphatic heterocycles. The molecule has 0 aromatic rings. The third kappa shape index (κ3) is 4.15. The number of nitrogens with one attached hydrogen (secondary N) is 1. The summed E-state index contributed by atoms with van der Waals surface area (Å²) in [6, 6.07) is 0. The van der Waals surface area contributed by atoms with Gasteiger partial charge < -0.3 is 9.84 Å². The third-order valence-electron chi connectivity index (χ3n) is 4.04. The number of rotatable bonds is 5. The number of carbonyl (C=O) groups is 1. The summed E-state index contributed by atoms with van der Waals surface area (Å²) in [5.41, 5.74) is 0. The maximum absolute atomic E-state index is 12.1. The molecule has 0 aliphatic carbocycles. The van der Waals surface area contributed by atoms with Gasteiger partial charge in [-0.15, -0.1) is 0 Å². The summed E-state index contributed by atoms with van der Waals surface area (Å²) >= 11 is 0. The molecule has 8 heteroatoms. The Bertz CT molecular complexity index is 425. The summed E-state index contributed by atoms with van der Waals surface area (Å²) in [6.45, 7) is 2.37. The second-order valence-electron chi connectivity index (χ2n) is 5.42. The van der Waals surface area contributed by atoms with Gasteiger partial charge in [0.1, 0.15) is 0 Å². The number of hydrogen-bond donors (Lipinski definition) is 2. The predicted molar refractivity (Wildman–Crippen MR) is 72.4 cm³/mol. The molecule has 2 aliphatic rings. The first-order chi connectivity index (χ1) is 9.49. The molecule has 116 valence electrons. The van der Waals surface area contributed by atoms with Crippen LogP contribution in [0.5, 0.6) is 0 Å². The van der Waals surface area contributed by atoms with Crippen LogP contribution in [-0.4, -0.2) is 56.6 Å². The minimum absolute atomic E-state index is 0.278. The summed E-state index contributed by atoms with van der Waals surface area (Å²) in [5.74, 6) is -0.927. The van der Waals surface area contributed by atoms with Gasteiger partial charge in [0.25, 0.3) is 10.2 Å². The second-order valence-corrected chi connectivity index (χ2v) is 7.18. The largest absolute Gasteiger partial charge is 0.481 e. The molecule has 2 heterocycles. The molecule has 20 heavy (non-hydrogen) atoms. The minimum Gasteiger partial charge on any atom is -0.481 e. The Morgan fingerprint density at radius 2 is 1.80 bits per heavy atom. The van der Waals surface area contributed by atoms with E-state index >= 15 is 0 Å². The first-order valence-electron chi connectivity index (χ1n) is 7.04. The van der Waals surface area contributed by atoms with Crippen LogP contribution < -0.4 is 4.72 Å². The number of ether oxygens (including phenoxy) is 1. The Morgan fingerprint density at radius 1 is 1.20 bits per heavy atom. The fourth-order valence-electron chi connectivity index (χ4n) is 2.61. The predicted octanol–water partition coefficient (Wildman–Crippen LogP) is 0.0440. The van der Waals surface area contributed by atoms with E-state index in [-0.39, 0.29) is 13.1 Å². The second kappa shape index (κ2) is 6.84. The molecular weight excluding hydrogens is 284 g/mol. The van der Waals surface area contributed by atoms with Crippen LogP contribution in [0.2, 0.25) is 0 Å². The molecule has 0 bridgehead atoms. The van der Waals surface area contributed by atoms with Crippen molar-refractivity contribution in [2.24, 2.45) is 11.8 Å². The van der Waals surface area contributed by atoms with Crippen molar-refractivity contribution >= 4 is 16.2 Å². The molecule has 2 fully saturated rings. The van der Waals surface area contributed by atoms with E-state index in [9.17, 15) is 13.2 Å². The molecular formula is C12H22N2O5S. The smallest absolute Gasteiger partial charge is 0.306 e. The number of carboxylic acids is 1. The summed E-state index contributed by atoms with van der Waals surface area (Å²) in [6.07, 6.45) is 2.52. The number of carboxylic acid groups (broad SMARTS) is 1. The highest BCUT2D eigenvalue weighted by Gasteiger charge is 2.31. The number of aliphatic carboxylic acids is 1. The number of hydrogen-bond acceptors (Lipinski definition) is 4. The quantitative estimate of drug-likeness (QED) is 0.748. The molecule has 0 atom stereocenters. The van der Waals surface area contributed by atoms with Crippen molar-refractivity contribution < 1.29 is 23.1 Å². The molecule has 7 nitrogen and oxygen atoms in total. The van der Waals surface area contributed by atoms with E-state index in [4.69, 9.17) is 9.84 Å². The highest BCUT2D eigenvalue weighted by molar-refractivity contribution is 7.87. The van der Waals surface area contributed by atoms with E-state index in [0.29, 0.717) is 38.5 Å². The molecule has 0 aromatic carbocycles. The summed E-state index contributed by atoms with van der Waals surface area (Å²) in [7, 11) is -3.48. The minimum atomic E-state index is -3.48. The van der Waals surface area contributed by atoms with Crippen LogP contribution >= 0.6 is 0 Å². The van der Waals surface area contributed by atoms with Gasteiger partial charge in [-0.05, 0) is 31.6 Å². The lowest BCUT2D eigenvalue weighted by molar-refractivity contribution is -0.142. The van der Waals surface area contributed by atoms with Gasteiger partial charge in [0.15, 0.2) is 0 Å². The van der Waals surface area contributed by atoms with Gasteiger partial charge in [0.2, 0.25) is 0 Å². The topological polar surface area (TPSA) is 95.9 Å². The molecule has 2 saturated heterocycles. The van der Waals surface area contributed by atoms with Gasteiger partial charge in [0, 0.05) is 32.8 Å². The van der Waals surface area contributed by atoms with Gasteiger partial charge >= 0.3 is 5.97 Å². The summed E-state index contributed by atoms with van der Waals surface area (Å²) in [5, 5.41) is 8.91. The Morgan fingerprint density at radius 3 is 2.35 bits per heavy atom. The zero-order valence-electron chi connectivity index (χ0n) is 11.5. The standard InChI is InChI=1S/C12H22N2O5S/c15-12(16)11-1-5-14(6-2-11)20(17,18)13-9-10-3-7-19-8-4-10/h10-11,13H,1-9H2,(H,15,16). The zero-order valence-corrected chi connectivity index (χ0v) is 12.3. The van der Waals surface area contributed by atoms with Crippen molar-refractivity contribution in [2.45, 2.75) is 25.7 Å². The average molecular weight is 306 g/mol. The van der Waals surface area contributed by atoms with E-state index in [1.54, 1.807) is 0 Å². The Hall–Kier alpha value is -0.700. The van der Waals surface area contributed by atoms with Crippen LogP contribution in [0.15, 0.2) is 0 Å². The van der Waals surface area contributed by atoms with Crippen molar-refractivity contribution in [3.05, 3.63) is 0 Å². The number of nitrogens with zero attached hydrogens (tertiary/aromatic N) is 1. The maximum atomic E-state index is 12.1. The molecule has 0 unspecified atom stereocenters. The number of piperidine rings is 1. The van der Waals surface area contributed by atoms with Crippen LogP contribution in [0.1, 0.15) is 25.7 Å². The zero-order chi connectivity index (χ0) is 14.6. The SMILES string of the molecule is O=C(O)C1CCN(S(=O)(=O)NCC2CCOCC2)CC1. The van der Waals surface area contributed by atoms with Crippen molar-refractivity contribution in [3.63, 3.8) is 0 Å². The Balaban J connectivity index is 1.80. The van der Waals surface area contributed by atoms with Crippen LogP contribution in [0, 0.1) is 11.8 Å². The van der Waals surface area contributed by atoms with E-state index in [1.807, 2.05) is 0 Å². The van der Waals surface area contributed by atoms with Crippen LogP contribution in [0.3, 0.4) is 0 Å². The molecule has 2 N–H and O–H groups in total. The normalized spacial score (nSPS) is 23.8. The van der Waals surface area contributed by atoms with Gasteiger partial charge in [-0.3, -0.25) is 4.79 Å². The molecule has 0 saturated carbocycles. The molecule has 0 amide bonds. The fourth-order valence-corrected chi connectivity index (χ4v) is 3.93. The Kier molecular flexibility index (Phi) is 5.36. The van der Waals surface area contributed by atoms with E-state index in [2.05, 4.69) is 4.72 Å². The molecule has 0 radical (unpaired) electrons. The first-order valence-corrected chi connectivity index (χ1v) is 8.48. The van der Waals surface area contributed by atoms with Gasteiger partial charge in [-0.1, -0.05) is 0 Å². The van der Waals surface area contributed by atoms with Crippen LogP contribution in [-0.2, 0) is 19.7 Å². The molecule has 0 aromatic heterocycles. The van der Waals surface area contributed by atoms with Gasteiger partial charge in [0.05, 0.1) is 5.92 Å². The molecule has 0 spiro atoms. The van der Waals surface area contributed by atoms with Crippen LogP contribution in [0.25, 0.3) is 0 Å². The Labute approximate surface area is 119 Å². The van der Waals surface area contributed by atoms with E-state index in [0.717, 1.165) is 12.8 Å². The van der Waals surface area contributed by atoms with Gasteiger partial charge in [-0.25, -0.2) is 4.72 Å².